The number of thiophene rings is 1. The standard InChI is InChI=1S/C11H16N4S/c1-6(2)15-8(4)13-14-11(15)10-9(12)7(3)5-16-10/h5-6H,12H2,1-4H3. The SMILES string of the molecule is Cc1csc(-c2nnc(C)n2C(C)C)c1N. The molecule has 0 fully saturated rings. The third-order valence-electron chi connectivity index (χ3n) is 2.61. The second-order valence-electron chi connectivity index (χ2n) is 4.20. The maximum absolute atomic E-state index is 6.04. The van der Waals surface area contributed by atoms with Gasteiger partial charge in [-0.3, -0.25) is 0 Å². The number of aromatic nitrogens is 3. The van der Waals surface area contributed by atoms with Crippen LogP contribution in [0.15, 0.2) is 5.38 Å². The molecular formula is C11H16N4S. The highest BCUT2D eigenvalue weighted by Gasteiger charge is 2.17. The summed E-state index contributed by atoms with van der Waals surface area (Å²) in [6.45, 7) is 8.22. The van der Waals surface area contributed by atoms with Crippen molar-refractivity contribution in [3.05, 3.63) is 16.8 Å². The number of rotatable bonds is 2. The molecule has 0 radical (unpaired) electrons. The molecule has 0 spiro atoms. The van der Waals surface area contributed by atoms with Gasteiger partial charge in [0.05, 0.1) is 10.6 Å². The fourth-order valence-electron chi connectivity index (χ4n) is 1.77. The van der Waals surface area contributed by atoms with E-state index in [1.54, 1.807) is 11.3 Å². The Balaban J connectivity index is 2.61. The van der Waals surface area contributed by atoms with E-state index in [1.807, 2.05) is 13.8 Å². The molecule has 2 N–H and O–H groups in total. The van der Waals surface area contributed by atoms with Crippen molar-refractivity contribution in [2.24, 2.45) is 0 Å². The highest BCUT2D eigenvalue weighted by Crippen LogP contribution is 2.34. The first-order valence-corrected chi connectivity index (χ1v) is 6.15. The van der Waals surface area contributed by atoms with E-state index in [9.17, 15) is 0 Å². The lowest BCUT2D eigenvalue weighted by molar-refractivity contribution is 0.588. The van der Waals surface area contributed by atoms with Crippen molar-refractivity contribution < 1.29 is 0 Å². The van der Waals surface area contributed by atoms with Gasteiger partial charge in [0.2, 0.25) is 0 Å². The van der Waals surface area contributed by atoms with Gasteiger partial charge in [0, 0.05) is 6.04 Å². The van der Waals surface area contributed by atoms with Crippen LogP contribution in [0.1, 0.15) is 31.3 Å². The Morgan fingerprint density at radius 1 is 1.31 bits per heavy atom. The largest absolute Gasteiger partial charge is 0.397 e. The van der Waals surface area contributed by atoms with Crippen LogP contribution in [0.2, 0.25) is 0 Å². The maximum atomic E-state index is 6.04. The molecule has 0 saturated heterocycles. The van der Waals surface area contributed by atoms with Gasteiger partial charge in [-0.2, -0.15) is 0 Å². The molecule has 2 rings (SSSR count). The predicted octanol–water partition coefficient (Wildman–Crippen LogP) is 2.79. The summed E-state index contributed by atoms with van der Waals surface area (Å²) in [6.07, 6.45) is 0. The van der Waals surface area contributed by atoms with Crippen LogP contribution < -0.4 is 5.73 Å². The highest BCUT2D eigenvalue weighted by molar-refractivity contribution is 7.14. The van der Waals surface area contributed by atoms with Crippen LogP contribution in [0.5, 0.6) is 0 Å². The molecule has 16 heavy (non-hydrogen) atoms. The summed E-state index contributed by atoms with van der Waals surface area (Å²) in [5.41, 5.74) is 7.97. The Hall–Kier alpha value is -1.36. The zero-order valence-electron chi connectivity index (χ0n) is 9.98. The number of anilines is 1. The van der Waals surface area contributed by atoms with Crippen LogP contribution in [0.3, 0.4) is 0 Å². The van der Waals surface area contributed by atoms with E-state index in [4.69, 9.17) is 5.73 Å². The minimum Gasteiger partial charge on any atom is -0.397 e. The number of nitrogens with two attached hydrogens (primary N) is 1. The lowest BCUT2D eigenvalue weighted by atomic mass is 10.2. The van der Waals surface area contributed by atoms with Crippen molar-refractivity contribution in [2.45, 2.75) is 33.7 Å². The average molecular weight is 236 g/mol. The first-order valence-electron chi connectivity index (χ1n) is 5.27. The Bertz CT molecular complexity index is 510. The van der Waals surface area contributed by atoms with Crippen LogP contribution in [-0.4, -0.2) is 14.8 Å². The number of hydrogen-bond donors (Lipinski definition) is 1. The molecule has 0 unspecified atom stereocenters. The Morgan fingerprint density at radius 2 is 2.00 bits per heavy atom. The quantitative estimate of drug-likeness (QED) is 0.872. The zero-order valence-corrected chi connectivity index (χ0v) is 10.8. The van der Waals surface area contributed by atoms with Gasteiger partial charge >= 0.3 is 0 Å². The van der Waals surface area contributed by atoms with Crippen LogP contribution in [-0.2, 0) is 0 Å². The van der Waals surface area contributed by atoms with E-state index in [0.717, 1.165) is 27.8 Å². The monoisotopic (exact) mass is 236 g/mol. The number of hydrogen-bond acceptors (Lipinski definition) is 4. The van der Waals surface area contributed by atoms with E-state index in [1.165, 1.54) is 0 Å². The van der Waals surface area contributed by atoms with E-state index in [0.29, 0.717) is 6.04 Å². The molecule has 4 nitrogen and oxygen atoms in total. The fraction of sp³-hybridized carbons (Fsp3) is 0.455. The zero-order chi connectivity index (χ0) is 11.9. The van der Waals surface area contributed by atoms with Crippen molar-refractivity contribution in [3.63, 3.8) is 0 Å². The minimum atomic E-state index is 0.340. The summed E-state index contributed by atoms with van der Waals surface area (Å²) in [5.74, 6) is 1.80. The molecule has 0 bridgehead atoms. The van der Waals surface area contributed by atoms with E-state index in [2.05, 4.69) is 34.0 Å². The van der Waals surface area contributed by atoms with Gasteiger partial charge in [-0.1, -0.05) is 0 Å². The molecule has 2 heterocycles. The number of aryl methyl sites for hydroxylation is 2. The summed E-state index contributed by atoms with van der Waals surface area (Å²) in [6, 6.07) is 0.340. The summed E-state index contributed by atoms with van der Waals surface area (Å²) in [4.78, 5) is 1.02. The first kappa shape index (κ1) is 11.1. The van der Waals surface area contributed by atoms with Gasteiger partial charge in [0.15, 0.2) is 5.82 Å². The summed E-state index contributed by atoms with van der Waals surface area (Å²) in [5, 5.41) is 10.4. The second-order valence-corrected chi connectivity index (χ2v) is 5.08. The molecule has 0 aliphatic rings. The van der Waals surface area contributed by atoms with Crippen molar-refractivity contribution in [1.29, 1.82) is 0 Å². The molecule has 2 aromatic heterocycles. The van der Waals surface area contributed by atoms with Gasteiger partial charge in [0.25, 0.3) is 0 Å². The van der Waals surface area contributed by atoms with Gasteiger partial charge in [-0.25, -0.2) is 0 Å². The lowest BCUT2D eigenvalue weighted by Gasteiger charge is -2.11. The number of nitrogens with zero attached hydrogens (tertiary/aromatic N) is 3. The van der Waals surface area contributed by atoms with Crippen LogP contribution in [0.4, 0.5) is 5.69 Å². The van der Waals surface area contributed by atoms with Crippen molar-refractivity contribution in [1.82, 2.24) is 14.8 Å². The highest BCUT2D eigenvalue weighted by atomic mass is 32.1. The van der Waals surface area contributed by atoms with Crippen molar-refractivity contribution >= 4 is 17.0 Å². The molecule has 0 aromatic carbocycles. The molecule has 2 aromatic rings. The third kappa shape index (κ3) is 1.61. The summed E-state index contributed by atoms with van der Waals surface area (Å²) < 4.78 is 2.11. The van der Waals surface area contributed by atoms with Gasteiger partial charge in [-0.15, -0.1) is 21.5 Å². The molecular weight excluding hydrogens is 220 g/mol. The Kier molecular flexibility index (Phi) is 2.71. The van der Waals surface area contributed by atoms with E-state index in [-0.39, 0.29) is 0 Å². The smallest absolute Gasteiger partial charge is 0.176 e. The molecule has 0 saturated carbocycles. The number of nitrogen functional groups attached to an aromatic ring is 1. The maximum Gasteiger partial charge on any atom is 0.176 e. The van der Waals surface area contributed by atoms with Gasteiger partial charge in [0.1, 0.15) is 5.82 Å². The molecule has 86 valence electrons. The van der Waals surface area contributed by atoms with Gasteiger partial charge < -0.3 is 10.3 Å². The third-order valence-corrected chi connectivity index (χ3v) is 3.72. The van der Waals surface area contributed by atoms with Crippen LogP contribution in [0, 0.1) is 13.8 Å². The molecule has 0 aliphatic carbocycles. The van der Waals surface area contributed by atoms with Crippen molar-refractivity contribution in [2.75, 3.05) is 5.73 Å². The fourth-order valence-corrected chi connectivity index (χ4v) is 2.72. The lowest BCUT2D eigenvalue weighted by Crippen LogP contribution is -2.05. The molecule has 0 amide bonds. The minimum absolute atomic E-state index is 0.340. The normalized spacial score (nSPS) is 11.3. The molecule has 0 atom stereocenters. The van der Waals surface area contributed by atoms with E-state index < -0.39 is 0 Å². The van der Waals surface area contributed by atoms with Gasteiger partial charge in [-0.05, 0) is 38.6 Å². The molecule has 5 heteroatoms. The predicted molar refractivity (Wildman–Crippen MR) is 67.6 cm³/mol. The van der Waals surface area contributed by atoms with E-state index >= 15 is 0 Å². The molecule has 0 aliphatic heterocycles. The first-order chi connectivity index (χ1) is 7.52. The van der Waals surface area contributed by atoms with Crippen molar-refractivity contribution in [3.8, 4) is 10.7 Å². The average Bonchev–Trinajstić information content (AvgIpc) is 2.72. The van der Waals surface area contributed by atoms with Crippen LogP contribution in [0.25, 0.3) is 10.7 Å². The summed E-state index contributed by atoms with van der Waals surface area (Å²) >= 11 is 1.63. The topological polar surface area (TPSA) is 56.7 Å². The Labute approximate surface area is 99.1 Å². The Morgan fingerprint density at radius 3 is 2.50 bits per heavy atom. The summed E-state index contributed by atoms with van der Waals surface area (Å²) in [7, 11) is 0. The van der Waals surface area contributed by atoms with Crippen LogP contribution >= 0.6 is 11.3 Å². The second kappa shape index (κ2) is 3.90.